The van der Waals surface area contributed by atoms with Crippen molar-refractivity contribution in [3.63, 3.8) is 0 Å². The summed E-state index contributed by atoms with van der Waals surface area (Å²) in [6.45, 7) is 0.492. The number of H-pyrrole nitrogens is 1. The molecule has 4 nitrogen and oxygen atoms in total. The van der Waals surface area contributed by atoms with Crippen molar-refractivity contribution < 1.29 is 13.6 Å². The molecule has 0 atom stereocenters. The first-order valence-corrected chi connectivity index (χ1v) is 8.15. The number of carbonyl (C=O) groups excluding carboxylic acids is 1. The van der Waals surface area contributed by atoms with Gasteiger partial charge < -0.3 is 9.88 Å². The van der Waals surface area contributed by atoms with Crippen LogP contribution in [0.3, 0.4) is 0 Å². The first-order valence-electron chi connectivity index (χ1n) is 8.15. The van der Waals surface area contributed by atoms with Gasteiger partial charge in [0.1, 0.15) is 17.5 Å². The van der Waals surface area contributed by atoms with Crippen LogP contribution in [0, 0.1) is 11.6 Å². The molecule has 0 unspecified atom stereocenters. The number of benzene rings is 2. The SMILES string of the molecule is CN(CCCc1nc2ccccc2[nH]1)C(=O)Cc1c(F)cccc1F. The number of rotatable bonds is 6. The van der Waals surface area contributed by atoms with Gasteiger partial charge in [-0.25, -0.2) is 13.8 Å². The fourth-order valence-electron chi connectivity index (χ4n) is 2.72. The second kappa shape index (κ2) is 7.42. The van der Waals surface area contributed by atoms with Gasteiger partial charge in [0.25, 0.3) is 0 Å². The zero-order valence-electron chi connectivity index (χ0n) is 13.9. The van der Waals surface area contributed by atoms with Gasteiger partial charge in [-0.3, -0.25) is 4.79 Å². The van der Waals surface area contributed by atoms with Crippen LogP contribution in [-0.4, -0.2) is 34.4 Å². The number of amides is 1. The molecule has 1 N–H and O–H groups in total. The maximum Gasteiger partial charge on any atom is 0.226 e. The standard InChI is InChI=1S/C19H19F2N3O/c1-24(19(25)12-13-14(20)6-4-7-15(13)21)11-5-10-18-22-16-8-2-3-9-17(16)23-18/h2-4,6-9H,5,10-12H2,1H3,(H,22,23). The first-order chi connectivity index (χ1) is 12.0. The molecular weight excluding hydrogens is 324 g/mol. The first kappa shape index (κ1) is 17.1. The van der Waals surface area contributed by atoms with Gasteiger partial charge in [0.15, 0.2) is 0 Å². The second-order valence-electron chi connectivity index (χ2n) is 6.00. The summed E-state index contributed by atoms with van der Waals surface area (Å²) in [5.41, 5.74) is 1.71. The van der Waals surface area contributed by atoms with Crippen LogP contribution in [-0.2, 0) is 17.6 Å². The number of hydrogen-bond donors (Lipinski definition) is 1. The summed E-state index contributed by atoms with van der Waals surface area (Å²) in [5, 5.41) is 0. The van der Waals surface area contributed by atoms with Crippen molar-refractivity contribution in [3.05, 3.63) is 65.5 Å². The molecule has 0 aliphatic rings. The maximum absolute atomic E-state index is 13.6. The van der Waals surface area contributed by atoms with E-state index < -0.39 is 11.6 Å². The van der Waals surface area contributed by atoms with Gasteiger partial charge in [0.2, 0.25) is 5.91 Å². The van der Waals surface area contributed by atoms with E-state index in [-0.39, 0.29) is 17.9 Å². The van der Waals surface area contributed by atoms with E-state index in [0.717, 1.165) is 29.0 Å². The molecule has 0 aliphatic carbocycles. The van der Waals surface area contributed by atoms with Gasteiger partial charge in [-0.1, -0.05) is 18.2 Å². The maximum atomic E-state index is 13.6. The third kappa shape index (κ3) is 4.02. The molecule has 0 spiro atoms. The van der Waals surface area contributed by atoms with E-state index in [4.69, 9.17) is 0 Å². The number of aryl methyl sites for hydroxylation is 1. The summed E-state index contributed by atoms with van der Waals surface area (Å²) in [6.07, 6.45) is 1.13. The fourth-order valence-corrected chi connectivity index (χ4v) is 2.72. The Hall–Kier alpha value is -2.76. The zero-order valence-corrected chi connectivity index (χ0v) is 13.9. The monoisotopic (exact) mass is 343 g/mol. The minimum absolute atomic E-state index is 0.184. The quantitative estimate of drug-likeness (QED) is 0.745. The van der Waals surface area contributed by atoms with Crippen molar-refractivity contribution in [3.8, 4) is 0 Å². The number of halogens is 2. The van der Waals surface area contributed by atoms with E-state index in [1.54, 1.807) is 7.05 Å². The third-order valence-corrected chi connectivity index (χ3v) is 4.16. The molecule has 1 amide bonds. The van der Waals surface area contributed by atoms with E-state index in [1.807, 2.05) is 24.3 Å². The molecule has 0 saturated heterocycles. The van der Waals surface area contributed by atoms with Crippen LogP contribution in [0.15, 0.2) is 42.5 Å². The topological polar surface area (TPSA) is 49.0 Å². The van der Waals surface area contributed by atoms with Crippen molar-refractivity contribution in [2.75, 3.05) is 13.6 Å². The van der Waals surface area contributed by atoms with Crippen LogP contribution in [0.25, 0.3) is 11.0 Å². The number of imidazole rings is 1. The van der Waals surface area contributed by atoms with E-state index >= 15 is 0 Å². The van der Waals surface area contributed by atoms with Gasteiger partial charge in [0.05, 0.1) is 17.5 Å². The lowest BCUT2D eigenvalue weighted by atomic mass is 10.1. The molecule has 6 heteroatoms. The Labute approximate surface area is 144 Å². The van der Waals surface area contributed by atoms with E-state index in [0.29, 0.717) is 19.4 Å². The summed E-state index contributed by atoms with van der Waals surface area (Å²) in [4.78, 5) is 21.4. The van der Waals surface area contributed by atoms with Gasteiger partial charge in [-0.05, 0) is 30.7 Å². The van der Waals surface area contributed by atoms with Crippen LogP contribution in [0.1, 0.15) is 17.8 Å². The lowest BCUT2D eigenvalue weighted by Gasteiger charge is -2.17. The Morgan fingerprint density at radius 1 is 1.12 bits per heavy atom. The highest BCUT2D eigenvalue weighted by Gasteiger charge is 2.16. The number of aromatic amines is 1. The van der Waals surface area contributed by atoms with Crippen LogP contribution in [0.4, 0.5) is 8.78 Å². The molecule has 1 heterocycles. The molecule has 0 fully saturated rings. The molecule has 0 aliphatic heterocycles. The Morgan fingerprint density at radius 2 is 1.84 bits per heavy atom. The van der Waals surface area contributed by atoms with Crippen molar-refractivity contribution in [2.24, 2.45) is 0 Å². The normalized spacial score (nSPS) is 11.0. The van der Waals surface area contributed by atoms with E-state index in [9.17, 15) is 13.6 Å². The van der Waals surface area contributed by atoms with Gasteiger partial charge in [-0.2, -0.15) is 0 Å². The number of likely N-dealkylation sites (N-methyl/N-ethyl adjacent to an activating group) is 1. The third-order valence-electron chi connectivity index (χ3n) is 4.16. The number of nitrogens with one attached hydrogen (secondary N) is 1. The molecule has 3 aromatic rings. The molecule has 0 radical (unpaired) electrons. The molecule has 130 valence electrons. The summed E-state index contributed by atoms with van der Waals surface area (Å²) < 4.78 is 27.3. The summed E-state index contributed by atoms with van der Waals surface area (Å²) in [7, 11) is 1.64. The summed E-state index contributed by atoms with van der Waals surface area (Å²) in [6, 6.07) is 11.4. The van der Waals surface area contributed by atoms with Gasteiger partial charge in [0, 0.05) is 25.6 Å². The average molecular weight is 343 g/mol. The molecule has 25 heavy (non-hydrogen) atoms. The Bertz CT molecular complexity index is 838. The number of aromatic nitrogens is 2. The molecule has 0 saturated carbocycles. The van der Waals surface area contributed by atoms with Crippen molar-refractivity contribution in [1.29, 1.82) is 0 Å². The lowest BCUT2D eigenvalue weighted by Crippen LogP contribution is -2.30. The summed E-state index contributed by atoms with van der Waals surface area (Å²) >= 11 is 0. The molecule has 3 rings (SSSR count). The van der Waals surface area contributed by atoms with Crippen LogP contribution in [0.5, 0.6) is 0 Å². The van der Waals surface area contributed by atoms with Gasteiger partial charge in [-0.15, -0.1) is 0 Å². The fraction of sp³-hybridized carbons (Fsp3) is 0.263. The predicted molar refractivity (Wildman–Crippen MR) is 92.1 cm³/mol. The number of carbonyl (C=O) groups is 1. The lowest BCUT2D eigenvalue weighted by molar-refractivity contribution is -0.129. The minimum atomic E-state index is -0.691. The highest BCUT2D eigenvalue weighted by Crippen LogP contribution is 2.14. The molecule has 2 aromatic carbocycles. The van der Waals surface area contributed by atoms with E-state index in [2.05, 4.69) is 9.97 Å². The minimum Gasteiger partial charge on any atom is -0.345 e. The Balaban J connectivity index is 1.53. The number of para-hydroxylation sites is 2. The largest absolute Gasteiger partial charge is 0.345 e. The Kier molecular flexibility index (Phi) is 5.07. The second-order valence-corrected chi connectivity index (χ2v) is 6.00. The van der Waals surface area contributed by atoms with Crippen LogP contribution in [0.2, 0.25) is 0 Å². The van der Waals surface area contributed by atoms with E-state index in [1.165, 1.54) is 11.0 Å². The zero-order chi connectivity index (χ0) is 17.8. The molecular formula is C19H19F2N3O. The highest BCUT2D eigenvalue weighted by atomic mass is 19.1. The van der Waals surface area contributed by atoms with Crippen molar-refractivity contribution >= 4 is 16.9 Å². The van der Waals surface area contributed by atoms with Crippen molar-refractivity contribution in [1.82, 2.24) is 14.9 Å². The van der Waals surface area contributed by atoms with Gasteiger partial charge >= 0.3 is 0 Å². The predicted octanol–water partition coefficient (Wildman–Crippen LogP) is 3.47. The highest BCUT2D eigenvalue weighted by molar-refractivity contribution is 5.78. The molecule has 1 aromatic heterocycles. The average Bonchev–Trinajstić information content (AvgIpc) is 3.00. The summed E-state index contributed by atoms with van der Waals surface area (Å²) in [5.74, 6) is -0.830. The smallest absolute Gasteiger partial charge is 0.226 e. The Morgan fingerprint density at radius 3 is 2.56 bits per heavy atom. The number of fused-ring (bicyclic) bond motifs is 1. The molecule has 0 bridgehead atoms. The number of nitrogens with zero attached hydrogens (tertiary/aromatic N) is 2. The van der Waals surface area contributed by atoms with Crippen LogP contribution >= 0.6 is 0 Å². The van der Waals surface area contributed by atoms with Crippen LogP contribution < -0.4 is 0 Å². The number of hydrogen-bond acceptors (Lipinski definition) is 2. The van der Waals surface area contributed by atoms with Crippen molar-refractivity contribution in [2.45, 2.75) is 19.3 Å².